The Kier molecular flexibility index (Phi) is 28.7. The van der Waals surface area contributed by atoms with Crippen LogP contribution < -0.4 is 20.7 Å². The molecule has 1 aromatic rings. The average Bonchev–Trinajstić information content (AvgIpc) is 1.63. The molecule has 0 aliphatic carbocycles. The standard InChI is InChI=1S/C26H42N4O12S.C19H32N4O8S.C13H15NO7/c1-7-38-23(33)26(5,6)15-39-43(36,37)42-30-19-8-9-20(29(14-19)24(30)34)21(31)27-18-10-12-28(13-11-18)25(35)41-17(4)40-22(32)16(2)3;1-4-29-17(25)19(2,3)12-30-32(27,28)31-23-14-5-6-15(22(11-14)18(23)26)16(24)21-13-7-9-20-10-8-13;1-8(2)12(15)19-9(3)20-13(16)21-11-6-4-10(5-7-11)14(17)18/h16-20H,7-15H2,1-6H3,(H,27,31);13-15,20H,4-12H2,1-3H3,(H,21,24);4-9H,1-3H3/t17?,19-,20+;14-,15+;/m11./s1. The Balaban J connectivity index is 0.000000277. The smallest absolute Gasteiger partial charge is 0.466 e. The van der Waals surface area contributed by atoms with E-state index in [9.17, 15) is 74.9 Å². The second-order valence-electron chi connectivity index (χ2n) is 24.9. The van der Waals surface area contributed by atoms with Gasteiger partial charge >= 0.3 is 69.0 Å². The fourth-order valence-electron chi connectivity index (χ4n) is 9.98. The first-order valence-electron chi connectivity index (χ1n) is 31.4. The van der Waals surface area contributed by atoms with Crippen molar-refractivity contribution in [2.75, 3.05) is 65.7 Å². The summed E-state index contributed by atoms with van der Waals surface area (Å²) in [5.41, 5.74) is -2.63. The Hall–Kier alpha value is -7.78. The zero-order chi connectivity index (χ0) is 71.6. The fourth-order valence-corrected chi connectivity index (χ4v) is 11.7. The van der Waals surface area contributed by atoms with Gasteiger partial charge in [-0.3, -0.25) is 38.9 Å². The third kappa shape index (κ3) is 23.2. The lowest BCUT2D eigenvalue weighted by Crippen LogP contribution is -2.54. The van der Waals surface area contributed by atoms with Crippen LogP contribution in [-0.4, -0.2) is 221 Å². The van der Waals surface area contributed by atoms with E-state index in [1.807, 2.05) is 0 Å². The number of piperidine rings is 4. The molecule has 7 rings (SSSR count). The molecule has 0 spiro atoms. The first-order valence-corrected chi connectivity index (χ1v) is 34.1. The van der Waals surface area contributed by atoms with Crippen molar-refractivity contribution >= 4 is 86.5 Å². The molecule has 6 saturated heterocycles. The van der Waals surface area contributed by atoms with E-state index in [1.54, 1.807) is 41.5 Å². The molecular formula is C58H89N9O27S2. The molecule has 2 unspecified atom stereocenters. The number of carbonyl (C=O) groups excluding carboxylic acids is 10. The number of fused-ring (bicyclic) bond motifs is 4. The average molecular weight is 1410 g/mol. The number of ether oxygens (including phenoxy) is 7. The number of nitro groups is 1. The van der Waals surface area contributed by atoms with Gasteiger partial charge in [-0.05, 0) is 118 Å². The van der Waals surface area contributed by atoms with Crippen molar-refractivity contribution in [2.45, 2.75) is 183 Å². The maximum Gasteiger partial charge on any atom is 0.516 e. The summed E-state index contributed by atoms with van der Waals surface area (Å²) in [6.07, 6.45) is 0.121. The lowest BCUT2D eigenvalue weighted by molar-refractivity contribution is -0.384. The number of hydrogen-bond donors (Lipinski definition) is 3. The number of nitrogens with zero attached hydrogens (tertiary/aromatic N) is 6. The molecule has 0 aromatic heterocycles. The number of hydrogen-bond acceptors (Lipinski definition) is 28. The predicted molar refractivity (Wildman–Crippen MR) is 328 cm³/mol. The van der Waals surface area contributed by atoms with E-state index < -0.39 is 135 Å². The summed E-state index contributed by atoms with van der Waals surface area (Å²) < 4.78 is 104. The van der Waals surface area contributed by atoms with Crippen molar-refractivity contribution in [3.63, 3.8) is 0 Å². The van der Waals surface area contributed by atoms with Crippen molar-refractivity contribution < 1.29 is 120 Å². The van der Waals surface area contributed by atoms with Crippen LogP contribution in [0.4, 0.5) is 24.9 Å². The van der Waals surface area contributed by atoms with E-state index in [0.29, 0.717) is 50.3 Å². The Labute approximate surface area is 556 Å². The zero-order valence-corrected chi connectivity index (χ0v) is 57.5. The van der Waals surface area contributed by atoms with Gasteiger partial charge in [0, 0.05) is 64.2 Å². The van der Waals surface area contributed by atoms with Gasteiger partial charge in [-0.1, -0.05) is 27.7 Å². The molecule has 6 fully saturated rings. The highest BCUT2D eigenvalue weighted by molar-refractivity contribution is 7.82. The van der Waals surface area contributed by atoms with Crippen LogP contribution in [0, 0.1) is 32.8 Å². The number of esters is 4. The van der Waals surface area contributed by atoms with Gasteiger partial charge < -0.3 is 63.8 Å². The number of amides is 7. The van der Waals surface area contributed by atoms with E-state index in [4.69, 9.17) is 50.1 Å². The lowest BCUT2D eigenvalue weighted by Gasteiger charge is -2.34. The highest BCUT2D eigenvalue weighted by Crippen LogP contribution is 2.34. The van der Waals surface area contributed by atoms with Gasteiger partial charge in [-0.25, -0.2) is 27.5 Å². The van der Waals surface area contributed by atoms with Crippen molar-refractivity contribution in [1.29, 1.82) is 0 Å². The van der Waals surface area contributed by atoms with Gasteiger partial charge in [-0.2, -0.15) is 27.0 Å². The molecule has 4 bridgehead atoms. The van der Waals surface area contributed by atoms with Gasteiger partial charge in [0.1, 0.15) is 17.8 Å². The Morgan fingerprint density at radius 3 is 1.41 bits per heavy atom. The third-order valence-corrected chi connectivity index (χ3v) is 16.9. The van der Waals surface area contributed by atoms with E-state index >= 15 is 0 Å². The van der Waals surface area contributed by atoms with Gasteiger partial charge in [0.25, 0.3) is 5.69 Å². The Morgan fingerprint density at radius 1 is 0.604 bits per heavy atom. The van der Waals surface area contributed by atoms with Crippen molar-refractivity contribution in [1.82, 2.24) is 40.8 Å². The molecule has 6 heterocycles. The molecular weight excluding hydrogens is 1320 g/mol. The summed E-state index contributed by atoms with van der Waals surface area (Å²) in [6, 6.07) is 0.571. The van der Waals surface area contributed by atoms with Crippen LogP contribution in [0.1, 0.15) is 134 Å². The van der Waals surface area contributed by atoms with E-state index in [0.717, 1.165) is 31.0 Å². The first kappa shape index (κ1) is 78.9. The molecule has 96 heavy (non-hydrogen) atoms. The van der Waals surface area contributed by atoms with Crippen LogP contribution in [0.2, 0.25) is 0 Å². The minimum absolute atomic E-state index is 0.0584. The molecule has 0 saturated carbocycles. The van der Waals surface area contributed by atoms with Crippen LogP contribution in [-0.2, 0) is 94.9 Å². The highest BCUT2D eigenvalue weighted by atomic mass is 32.3. The molecule has 7 amide bonds. The molecule has 540 valence electrons. The molecule has 3 N–H and O–H groups in total. The van der Waals surface area contributed by atoms with E-state index in [2.05, 4.69) is 16.0 Å². The highest BCUT2D eigenvalue weighted by Gasteiger charge is 2.52. The quantitative estimate of drug-likeness (QED) is 0.0296. The topological polar surface area (TPSA) is 436 Å². The molecule has 0 radical (unpaired) electrons. The number of carbonyl (C=O) groups is 10. The third-order valence-electron chi connectivity index (χ3n) is 15.4. The normalized spacial score (nSPS) is 20.5. The molecule has 6 aliphatic rings. The fraction of sp³-hybridized carbons (Fsp3) is 0.724. The first-order chi connectivity index (χ1) is 44.9. The summed E-state index contributed by atoms with van der Waals surface area (Å²) >= 11 is 0. The summed E-state index contributed by atoms with van der Waals surface area (Å²) in [5, 5.41) is 21.1. The van der Waals surface area contributed by atoms with Gasteiger partial charge in [0.15, 0.2) is 0 Å². The van der Waals surface area contributed by atoms with Crippen LogP contribution in [0.15, 0.2) is 24.3 Å². The van der Waals surface area contributed by atoms with Gasteiger partial charge in [-0.15, -0.1) is 8.57 Å². The zero-order valence-electron chi connectivity index (χ0n) is 55.8. The predicted octanol–water partition coefficient (Wildman–Crippen LogP) is 3.86. The van der Waals surface area contributed by atoms with Gasteiger partial charge in [0.05, 0.1) is 66.1 Å². The minimum atomic E-state index is -4.71. The summed E-state index contributed by atoms with van der Waals surface area (Å²) in [6.45, 7) is 20.3. The maximum atomic E-state index is 13.1. The number of nitro benzene ring substituents is 1. The number of benzene rings is 1. The van der Waals surface area contributed by atoms with Gasteiger partial charge in [0.2, 0.25) is 24.4 Å². The molecule has 1 aromatic carbocycles. The lowest BCUT2D eigenvalue weighted by atomic mass is 9.95. The minimum Gasteiger partial charge on any atom is -0.466 e. The van der Waals surface area contributed by atoms with Crippen molar-refractivity contribution in [3.8, 4) is 5.75 Å². The van der Waals surface area contributed by atoms with Crippen molar-refractivity contribution in [3.05, 3.63) is 34.4 Å². The number of hydroxylamine groups is 4. The molecule has 6 atom stereocenters. The summed E-state index contributed by atoms with van der Waals surface area (Å²) in [5.74, 6) is -3.50. The van der Waals surface area contributed by atoms with E-state index in [1.165, 1.54) is 80.5 Å². The van der Waals surface area contributed by atoms with Crippen LogP contribution >= 0.6 is 0 Å². The van der Waals surface area contributed by atoms with Crippen LogP contribution in [0.25, 0.3) is 0 Å². The monoisotopic (exact) mass is 1410 g/mol. The summed E-state index contributed by atoms with van der Waals surface area (Å²) in [7, 11) is -9.32. The molecule has 36 nitrogen and oxygen atoms in total. The number of urea groups is 2. The van der Waals surface area contributed by atoms with Crippen molar-refractivity contribution in [2.24, 2.45) is 22.7 Å². The number of nitrogens with one attached hydrogen (secondary N) is 3. The van der Waals surface area contributed by atoms with Crippen LogP contribution in [0.5, 0.6) is 5.75 Å². The largest absolute Gasteiger partial charge is 0.516 e. The maximum absolute atomic E-state index is 13.1. The Bertz CT molecular complexity index is 3160. The number of rotatable bonds is 26. The Morgan fingerprint density at radius 2 is 1.01 bits per heavy atom. The molecule has 6 aliphatic heterocycles. The number of likely N-dealkylation sites (tertiary alicyclic amines) is 1. The van der Waals surface area contributed by atoms with E-state index in [-0.39, 0.29) is 79.9 Å². The number of non-ortho nitro benzene ring substituents is 1. The SMILES string of the molecule is CC(OC(=O)Oc1ccc([N+](=O)[O-])cc1)OC(=O)C(C)C.CCOC(=O)C(C)(C)COS(=O)(=O)ON1C(=O)N2C[C@H]1CC[C@H]2C(=O)NC1CCN(C(=O)OC(C)OC(=O)C(C)C)CC1.CCOC(=O)C(C)(C)COS(=O)(=O)ON1C(=O)N2C[C@H]1CC[C@H]2C(=O)NC1CCNCC1. The second-order valence-corrected chi connectivity index (χ2v) is 27.3. The molecule has 38 heteroatoms. The van der Waals surface area contributed by atoms with Crippen LogP contribution in [0.3, 0.4) is 0 Å². The summed E-state index contributed by atoms with van der Waals surface area (Å²) in [4.78, 5) is 136. The second kappa shape index (κ2) is 34.9.